The number of carbonyl (C=O) groups is 3. The van der Waals surface area contributed by atoms with E-state index in [0.29, 0.717) is 5.56 Å². The molecular formula is C15H10NNaO4. The number of carbonyl (C=O) groups excluding carboxylic acids is 3. The summed E-state index contributed by atoms with van der Waals surface area (Å²) in [5.74, 6) is -3.48. The number of anilines is 1. The Balaban J connectivity index is 0.00000220. The van der Waals surface area contributed by atoms with Crippen LogP contribution in [0, 0.1) is 0 Å². The van der Waals surface area contributed by atoms with Gasteiger partial charge in [-0.15, -0.1) is 0 Å². The van der Waals surface area contributed by atoms with Crippen molar-refractivity contribution < 1.29 is 49.0 Å². The summed E-state index contributed by atoms with van der Waals surface area (Å²) in [6.45, 7) is 0. The molecule has 2 rings (SSSR count). The van der Waals surface area contributed by atoms with E-state index < -0.39 is 11.8 Å². The van der Waals surface area contributed by atoms with Gasteiger partial charge in [0, 0.05) is 16.7 Å². The largest absolute Gasteiger partial charge is 1.00 e. The van der Waals surface area contributed by atoms with Crippen LogP contribution in [0.3, 0.4) is 0 Å². The number of nitrogens with two attached hydrogens (primary N) is 1. The van der Waals surface area contributed by atoms with Gasteiger partial charge in [0.2, 0.25) is 5.78 Å². The third-order valence-corrected chi connectivity index (χ3v) is 2.82. The van der Waals surface area contributed by atoms with Crippen LogP contribution >= 0.6 is 0 Å². The van der Waals surface area contributed by atoms with Crippen LogP contribution in [0.2, 0.25) is 0 Å². The fourth-order valence-electron chi connectivity index (χ4n) is 1.82. The average molecular weight is 291 g/mol. The molecule has 2 N–H and O–H groups in total. The van der Waals surface area contributed by atoms with E-state index in [1.807, 2.05) is 0 Å². The number of hydrogen-bond donors (Lipinski definition) is 1. The van der Waals surface area contributed by atoms with Gasteiger partial charge in [-0.1, -0.05) is 36.4 Å². The van der Waals surface area contributed by atoms with E-state index in [1.54, 1.807) is 30.3 Å². The summed E-state index contributed by atoms with van der Waals surface area (Å²) in [5.41, 5.74) is 5.81. The number of para-hydroxylation sites is 1. The summed E-state index contributed by atoms with van der Waals surface area (Å²) in [4.78, 5) is 34.3. The quantitative estimate of drug-likeness (QED) is 0.289. The second-order valence-corrected chi connectivity index (χ2v) is 4.08. The minimum absolute atomic E-state index is 0. The fourth-order valence-corrected chi connectivity index (χ4v) is 1.82. The Morgan fingerprint density at radius 3 is 2.00 bits per heavy atom. The molecule has 0 aliphatic carbocycles. The Morgan fingerprint density at radius 1 is 0.857 bits per heavy atom. The predicted octanol–water partition coefficient (Wildman–Crippen LogP) is -2.56. The van der Waals surface area contributed by atoms with Crippen LogP contribution in [-0.2, 0) is 4.79 Å². The van der Waals surface area contributed by atoms with Crippen molar-refractivity contribution in [2.45, 2.75) is 0 Å². The van der Waals surface area contributed by atoms with Gasteiger partial charge in [0.15, 0.2) is 5.78 Å². The minimum atomic E-state index is -1.86. The van der Waals surface area contributed by atoms with Gasteiger partial charge in [-0.2, -0.15) is 0 Å². The fraction of sp³-hybridized carbons (Fsp3) is 0. The summed E-state index contributed by atoms with van der Waals surface area (Å²) in [7, 11) is 0. The maximum atomic E-state index is 12.3. The SMILES string of the molecule is Nc1c(C(=O)C(=O)[O-])cccc1C(=O)c1ccccc1.[Na+]. The smallest absolute Gasteiger partial charge is 0.541 e. The van der Waals surface area contributed by atoms with Crippen LogP contribution in [0.4, 0.5) is 5.69 Å². The topological polar surface area (TPSA) is 100 Å². The van der Waals surface area contributed by atoms with Crippen molar-refractivity contribution in [3.8, 4) is 0 Å². The van der Waals surface area contributed by atoms with Crippen molar-refractivity contribution in [2.75, 3.05) is 5.73 Å². The van der Waals surface area contributed by atoms with Crippen LogP contribution in [0.25, 0.3) is 0 Å². The van der Waals surface area contributed by atoms with Crippen molar-refractivity contribution in [3.05, 3.63) is 65.2 Å². The van der Waals surface area contributed by atoms with E-state index in [0.717, 1.165) is 0 Å². The molecule has 0 radical (unpaired) electrons. The molecule has 0 fully saturated rings. The molecule has 0 aliphatic rings. The first-order valence-electron chi connectivity index (χ1n) is 5.76. The van der Waals surface area contributed by atoms with Crippen molar-refractivity contribution in [1.82, 2.24) is 0 Å². The first-order valence-corrected chi connectivity index (χ1v) is 5.76. The molecule has 0 unspecified atom stereocenters. The molecule has 6 heteroatoms. The second kappa shape index (κ2) is 7.17. The van der Waals surface area contributed by atoms with Gasteiger partial charge in [0.1, 0.15) is 5.97 Å². The number of Topliss-reactive ketones (excluding diaryl/α,β-unsaturated/α-hetero) is 1. The third kappa shape index (κ3) is 3.58. The third-order valence-electron chi connectivity index (χ3n) is 2.82. The van der Waals surface area contributed by atoms with Crippen LogP contribution < -0.4 is 40.4 Å². The van der Waals surface area contributed by atoms with Crippen LogP contribution in [0.1, 0.15) is 26.3 Å². The first-order chi connectivity index (χ1) is 9.52. The van der Waals surface area contributed by atoms with Crippen LogP contribution in [0.5, 0.6) is 0 Å². The van der Waals surface area contributed by atoms with E-state index in [2.05, 4.69) is 0 Å². The Labute approximate surface area is 143 Å². The van der Waals surface area contributed by atoms with E-state index >= 15 is 0 Å². The second-order valence-electron chi connectivity index (χ2n) is 4.08. The van der Waals surface area contributed by atoms with E-state index in [-0.39, 0.29) is 52.2 Å². The summed E-state index contributed by atoms with van der Waals surface area (Å²) >= 11 is 0. The number of nitrogen functional groups attached to an aromatic ring is 1. The summed E-state index contributed by atoms with van der Waals surface area (Å²) in [6.07, 6.45) is 0. The molecule has 0 aromatic heterocycles. The number of carboxylic acid groups (broad SMARTS) is 1. The van der Waals surface area contributed by atoms with Gasteiger partial charge in [-0.3, -0.25) is 9.59 Å². The molecule has 0 saturated carbocycles. The molecule has 21 heavy (non-hydrogen) atoms. The van der Waals surface area contributed by atoms with Crippen molar-refractivity contribution >= 4 is 23.2 Å². The zero-order valence-corrected chi connectivity index (χ0v) is 13.3. The zero-order valence-electron chi connectivity index (χ0n) is 11.3. The first kappa shape index (κ1) is 17.1. The van der Waals surface area contributed by atoms with Crippen molar-refractivity contribution in [2.24, 2.45) is 0 Å². The van der Waals surface area contributed by atoms with Crippen molar-refractivity contribution in [3.63, 3.8) is 0 Å². The molecule has 0 amide bonds. The van der Waals surface area contributed by atoms with Gasteiger partial charge < -0.3 is 15.6 Å². The molecule has 0 saturated heterocycles. The summed E-state index contributed by atoms with van der Waals surface area (Å²) in [6, 6.07) is 12.5. The number of rotatable bonds is 4. The molecule has 100 valence electrons. The van der Waals surface area contributed by atoms with Crippen LogP contribution in [-0.4, -0.2) is 17.5 Å². The van der Waals surface area contributed by atoms with Gasteiger partial charge >= 0.3 is 29.6 Å². The molecule has 0 atom stereocenters. The Hall–Kier alpha value is -1.95. The molecule has 5 nitrogen and oxygen atoms in total. The molecule has 0 spiro atoms. The van der Waals surface area contributed by atoms with E-state index in [4.69, 9.17) is 5.73 Å². The van der Waals surface area contributed by atoms with Crippen LogP contribution in [0.15, 0.2) is 48.5 Å². The van der Waals surface area contributed by atoms with Crippen molar-refractivity contribution in [1.29, 1.82) is 0 Å². The number of benzene rings is 2. The predicted molar refractivity (Wildman–Crippen MR) is 70.1 cm³/mol. The average Bonchev–Trinajstić information content (AvgIpc) is 2.47. The molecule has 0 bridgehead atoms. The minimum Gasteiger partial charge on any atom is -0.541 e. The molecule has 0 heterocycles. The number of hydrogen-bond acceptors (Lipinski definition) is 5. The van der Waals surface area contributed by atoms with Gasteiger partial charge in [-0.05, 0) is 12.1 Å². The Bertz CT molecular complexity index is 698. The number of carboxylic acids is 1. The van der Waals surface area contributed by atoms with Gasteiger partial charge in [0.05, 0.1) is 5.69 Å². The normalized spacial score (nSPS) is 9.52. The van der Waals surface area contributed by atoms with Gasteiger partial charge in [-0.25, -0.2) is 0 Å². The maximum Gasteiger partial charge on any atom is 1.00 e. The summed E-state index contributed by atoms with van der Waals surface area (Å²) in [5, 5.41) is 10.6. The zero-order chi connectivity index (χ0) is 14.7. The standard InChI is InChI=1S/C15H11NO4.Na/c16-12-10(13(17)9-5-2-1-3-6-9)7-4-8-11(12)14(18)15(19)20;/h1-8H,16H2,(H,19,20);/q;+1/p-1. The number of ketones is 2. The molecule has 2 aromatic carbocycles. The molecule has 2 aromatic rings. The Morgan fingerprint density at radius 2 is 1.43 bits per heavy atom. The molecule has 0 aliphatic heterocycles. The number of aliphatic carboxylic acids is 1. The molecular weight excluding hydrogens is 281 g/mol. The monoisotopic (exact) mass is 291 g/mol. The Kier molecular flexibility index (Phi) is 5.84. The van der Waals surface area contributed by atoms with E-state index in [9.17, 15) is 19.5 Å². The van der Waals surface area contributed by atoms with Gasteiger partial charge in [0.25, 0.3) is 0 Å². The summed E-state index contributed by atoms with van der Waals surface area (Å²) < 4.78 is 0. The van der Waals surface area contributed by atoms with E-state index in [1.165, 1.54) is 18.2 Å². The maximum absolute atomic E-state index is 12.3.